The second kappa shape index (κ2) is 20.1. The van der Waals surface area contributed by atoms with Crippen molar-refractivity contribution in [3.63, 3.8) is 0 Å². The minimum atomic E-state index is -4.02. The molecule has 2 N–H and O–H groups in total. The number of Topliss-reactive ketones (excluding diaryl/α,β-unsaturated/α-hetero) is 1. The van der Waals surface area contributed by atoms with Gasteiger partial charge in [0, 0.05) is 12.1 Å². The van der Waals surface area contributed by atoms with Gasteiger partial charge in [-0.3, -0.25) is 18.2 Å². The van der Waals surface area contributed by atoms with Gasteiger partial charge in [-0.15, -0.1) is 0 Å². The first kappa shape index (κ1) is 48.6. The third-order valence-electron chi connectivity index (χ3n) is 9.61. The van der Waals surface area contributed by atoms with Crippen LogP contribution in [0.2, 0.25) is 10.0 Å². The van der Waals surface area contributed by atoms with E-state index in [1.807, 2.05) is 0 Å². The van der Waals surface area contributed by atoms with E-state index in [9.17, 15) is 44.0 Å². The smallest absolute Gasteiger partial charge is 0.264 e. The number of carbonyl (C=O) groups is 2. The van der Waals surface area contributed by atoms with Crippen LogP contribution in [0, 0.1) is 23.3 Å². The number of nitrogens with two attached hydrogens (primary N) is 1. The summed E-state index contributed by atoms with van der Waals surface area (Å²) in [5.41, 5.74) is 6.81. The van der Waals surface area contributed by atoms with E-state index in [0.29, 0.717) is 28.4 Å². The van der Waals surface area contributed by atoms with E-state index < -0.39 is 60.4 Å². The summed E-state index contributed by atoms with van der Waals surface area (Å²) < 4.78 is 119. The second-order valence-corrected chi connectivity index (χ2v) is 19.3. The second-order valence-electron chi connectivity index (χ2n) is 14.4. The minimum absolute atomic E-state index is 0.00522. The highest BCUT2D eigenvalue weighted by Gasteiger charge is 2.35. The SMILES string of the molecule is C[C@H]1CN(S(=O)(=O)c2ccc(F)cc2)c2cc(CC(=O)c3c(F)cccc3Cl)ccc2O1.C[C@H]1CN(S(=O)(=O)c2ccc(F)cc2)c2cc(N)ccc2O1.O=C(Cl)c1c(F)cccc1Cl. The molecule has 0 spiro atoms. The summed E-state index contributed by atoms with van der Waals surface area (Å²) in [6, 6.07) is 26.8. The maximum Gasteiger partial charge on any atom is 0.264 e. The van der Waals surface area contributed by atoms with E-state index in [1.165, 1.54) is 63.2 Å². The number of ketones is 1. The van der Waals surface area contributed by atoms with Crippen LogP contribution in [0.15, 0.2) is 131 Å². The van der Waals surface area contributed by atoms with Crippen molar-refractivity contribution in [1.82, 2.24) is 0 Å². The molecule has 8 rings (SSSR count). The van der Waals surface area contributed by atoms with Gasteiger partial charge in [-0.05, 0) is 134 Å². The van der Waals surface area contributed by atoms with Crippen molar-refractivity contribution < 1.29 is 53.5 Å². The fourth-order valence-corrected chi connectivity index (χ4v) is 10.5. The Morgan fingerprint density at radius 1 is 0.631 bits per heavy atom. The van der Waals surface area contributed by atoms with Crippen molar-refractivity contribution >= 4 is 82.9 Å². The summed E-state index contributed by atoms with van der Waals surface area (Å²) in [5, 5.41) is -0.844. The minimum Gasteiger partial charge on any atom is -0.487 e. The van der Waals surface area contributed by atoms with E-state index in [1.54, 1.807) is 44.2 Å². The standard InChI is InChI=1S/C23H18ClF2NO4S.C15H15FN2O3S.C7H3Cl2FO/c1-14-13-27(32(29,30)17-8-6-16(25)7-9-17)20-11-15(5-10-22(20)31-14)12-21(28)23-18(24)3-2-4-19(23)26;1-10-9-18(14-8-12(17)4-7-15(14)21-10)22(19,20)13-5-2-11(16)3-6-13;8-4-2-1-3-5(10)6(4)7(9)11/h2-11,14H,12-13H2,1H3;2-8,10H,9,17H2,1H3;1-3H/t14-;10-;/m00./s1. The molecule has 65 heavy (non-hydrogen) atoms. The molecule has 0 saturated carbocycles. The molecule has 0 aromatic heterocycles. The maximum absolute atomic E-state index is 14.1. The number of hydrogen-bond acceptors (Lipinski definition) is 9. The van der Waals surface area contributed by atoms with Crippen LogP contribution < -0.4 is 23.8 Å². The highest BCUT2D eigenvalue weighted by Crippen LogP contribution is 2.40. The number of sulfonamides is 2. The average Bonchev–Trinajstić information content (AvgIpc) is 3.24. The number of carbonyl (C=O) groups excluding carboxylic acids is 2. The lowest BCUT2D eigenvalue weighted by atomic mass is 10.0. The topological polar surface area (TPSA) is 153 Å². The average molecular weight is 993 g/mol. The first-order chi connectivity index (χ1) is 30.7. The van der Waals surface area contributed by atoms with Crippen LogP contribution >= 0.6 is 34.8 Å². The molecule has 2 heterocycles. The van der Waals surface area contributed by atoms with Crippen molar-refractivity contribution in [1.29, 1.82) is 0 Å². The maximum atomic E-state index is 14.1. The van der Waals surface area contributed by atoms with Crippen molar-refractivity contribution in [2.45, 2.75) is 42.3 Å². The summed E-state index contributed by atoms with van der Waals surface area (Å²) in [6.45, 7) is 3.71. The zero-order valence-electron chi connectivity index (χ0n) is 34.0. The van der Waals surface area contributed by atoms with Crippen molar-refractivity contribution in [2.24, 2.45) is 0 Å². The molecule has 0 radical (unpaired) electrons. The Balaban J connectivity index is 0.000000182. The lowest BCUT2D eigenvalue weighted by Crippen LogP contribution is -2.42. The Hall–Kier alpha value is -5.85. The predicted molar refractivity (Wildman–Crippen MR) is 240 cm³/mol. The number of anilines is 3. The molecule has 2 atom stereocenters. The van der Waals surface area contributed by atoms with Gasteiger partial charge in [0.25, 0.3) is 25.3 Å². The van der Waals surface area contributed by atoms with E-state index in [2.05, 4.69) is 0 Å². The number of ether oxygens (including phenoxy) is 2. The molecule has 20 heteroatoms. The molecule has 0 saturated heterocycles. The summed E-state index contributed by atoms with van der Waals surface area (Å²) in [5.74, 6) is -2.21. The van der Waals surface area contributed by atoms with Crippen molar-refractivity contribution in [3.8, 4) is 11.5 Å². The highest BCUT2D eigenvalue weighted by atomic mass is 35.5. The lowest BCUT2D eigenvalue weighted by molar-refractivity contribution is 0.0988. The van der Waals surface area contributed by atoms with Crippen LogP contribution in [-0.2, 0) is 26.5 Å². The molecule has 11 nitrogen and oxygen atoms in total. The van der Waals surface area contributed by atoms with E-state index in [-0.39, 0.29) is 62.3 Å². The van der Waals surface area contributed by atoms with Crippen LogP contribution in [-0.4, -0.2) is 53.2 Å². The van der Waals surface area contributed by atoms with E-state index >= 15 is 0 Å². The molecule has 2 aliphatic heterocycles. The van der Waals surface area contributed by atoms with Gasteiger partial charge in [0.1, 0.15) is 47.0 Å². The van der Waals surface area contributed by atoms with E-state index in [4.69, 9.17) is 50.0 Å². The molecule has 340 valence electrons. The molecular formula is C45H36Cl3F4N3O8S2. The van der Waals surface area contributed by atoms with Gasteiger partial charge in [-0.25, -0.2) is 34.4 Å². The Morgan fingerprint density at radius 3 is 1.49 bits per heavy atom. The van der Waals surface area contributed by atoms with Gasteiger partial charge in [-0.2, -0.15) is 0 Å². The van der Waals surface area contributed by atoms with Gasteiger partial charge in [0.15, 0.2) is 5.78 Å². The molecule has 0 aliphatic carbocycles. The lowest BCUT2D eigenvalue weighted by Gasteiger charge is -2.34. The molecule has 0 fully saturated rings. The van der Waals surface area contributed by atoms with Gasteiger partial charge < -0.3 is 15.2 Å². The number of nitrogen functional groups attached to an aromatic ring is 1. The molecule has 0 unspecified atom stereocenters. The molecule has 0 amide bonds. The van der Waals surface area contributed by atoms with Crippen LogP contribution in [0.3, 0.4) is 0 Å². The Labute approximate surface area is 387 Å². The molecule has 0 bridgehead atoms. The monoisotopic (exact) mass is 991 g/mol. The predicted octanol–water partition coefficient (Wildman–Crippen LogP) is 10.3. The Kier molecular flexibility index (Phi) is 15.0. The quantitative estimate of drug-likeness (QED) is 0.0679. The van der Waals surface area contributed by atoms with Crippen LogP contribution in [0.25, 0.3) is 0 Å². The van der Waals surface area contributed by atoms with Gasteiger partial charge in [0.2, 0.25) is 0 Å². The number of hydrogen-bond donors (Lipinski definition) is 1. The van der Waals surface area contributed by atoms with Gasteiger partial charge >= 0.3 is 0 Å². The third kappa shape index (κ3) is 11.2. The normalized spacial score (nSPS) is 15.4. The zero-order chi connectivity index (χ0) is 47.4. The van der Waals surface area contributed by atoms with Crippen molar-refractivity contribution in [3.05, 3.63) is 171 Å². The fraction of sp³-hybridized carbons (Fsp3) is 0.156. The first-order valence-corrected chi connectivity index (χ1v) is 23.2. The van der Waals surface area contributed by atoms with Crippen LogP contribution in [0.1, 0.15) is 40.1 Å². The fourth-order valence-electron chi connectivity index (χ4n) is 6.61. The number of halogens is 7. The first-order valence-electron chi connectivity index (χ1n) is 19.2. The summed E-state index contributed by atoms with van der Waals surface area (Å²) in [4.78, 5) is 23.2. The summed E-state index contributed by atoms with van der Waals surface area (Å²) >= 11 is 16.5. The molecule has 2 aliphatic rings. The molecule has 6 aromatic rings. The van der Waals surface area contributed by atoms with Crippen LogP contribution in [0.5, 0.6) is 11.5 Å². The zero-order valence-corrected chi connectivity index (χ0v) is 37.9. The third-order valence-corrected chi connectivity index (χ3v) is 14.0. The highest BCUT2D eigenvalue weighted by molar-refractivity contribution is 7.93. The Bertz CT molecular complexity index is 2950. The number of fused-ring (bicyclic) bond motifs is 2. The molecule has 6 aromatic carbocycles. The largest absolute Gasteiger partial charge is 0.487 e. The van der Waals surface area contributed by atoms with Crippen LogP contribution in [0.4, 0.5) is 34.6 Å². The molecular weight excluding hydrogens is 957 g/mol. The van der Waals surface area contributed by atoms with E-state index in [0.717, 1.165) is 36.4 Å². The number of benzene rings is 6. The summed E-state index contributed by atoms with van der Waals surface area (Å²) in [7, 11) is -7.83. The van der Waals surface area contributed by atoms with Crippen molar-refractivity contribution in [2.75, 3.05) is 27.4 Å². The van der Waals surface area contributed by atoms with Gasteiger partial charge in [0.05, 0.1) is 55.4 Å². The number of rotatable bonds is 8. The summed E-state index contributed by atoms with van der Waals surface area (Å²) in [6.07, 6.45) is -0.915. The van der Waals surface area contributed by atoms with Gasteiger partial charge in [-0.1, -0.05) is 41.4 Å². The number of nitrogens with zero attached hydrogens (tertiary/aromatic N) is 2. The Morgan fingerprint density at radius 2 is 1.06 bits per heavy atom.